The van der Waals surface area contributed by atoms with Crippen LogP contribution in [0.25, 0.3) is 11.1 Å². The lowest BCUT2D eigenvalue weighted by Gasteiger charge is -2.42. The van der Waals surface area contributed by atoms with E-state index in [2.05, 4.69) is 0 Å². The standard InChI is InChI=1S/C33H41FN2O6/c1-18-22-8-7-13-41-31(22)27(34)14-24(18)30-20(3)26-17-36(28(37)15-23(26)19(2)25(30)16-29(38)39)21-9-11-35(12-10-21)32(40)42-33(4,5)6/h14,21H,7-13,15-17H2,1-6H3,(H,38,39). The highest BCUT2D eigenvalue weighted by molar-refractivity contribution is 5.87. The maximum atomic E-state index is 15.4. The summed E-state index contributed by atoms with van der Waals surface area (Å²) in [6.07, 6.45) is 2.43. The maximum absolute atomic E-state index is 15.4. The van der Waals surface area contributed by atoms with E-state index >= 15 is 4.39 Å². The Bertz CT molecular complexity index is 1450. The molecule has 1 N–H and O–H groups in total. The van der Waals surface area contributed by atoms with Gasteiger partial charge >= 0.3 is 12.1 Å². The molecule has 0 atom stereocenters. The summed E-state index contributed by atoms with van der Waals surface area (Å²) < 4.78 is 26.6. The Morgan fingerprint density at radius 2 is 1.76 bits per heavy atom. The van der Waals surface area contributed by atoms with Crippen molar-refractivity contribution in [1.82, 2.24) is 9.80 Å². The van der Waals surface area contributed by atoms with E-state index in [1.54, 1.807) is 4.90 Å². The number of likely N-dealkylation sites (tertiary alicyclic amines) is 1. The number of hydrogen-bond acceptors (Lipinski definition) is 5. The molecule has 0 saturated carbocycles. The first kappa shape index (κ1) is 29.9. The fourth-order valence-corrected chi connectivity index (χ4v) is 6.84. The summed E-state index contributed by atoms with van der Waals surface area (Å²) in [5.41, 5.74) is 6.77. The molecule has 1 fully saturated rings. The van der Waals surface area contributed by atoms with Gasteiger partial charge in [-0.1, -0.05) is 0 Å². The Morgan fingerprint density at radius 1 is 1.07 bits per heavy atom. The first-order valence-corrected chi connectivity index (χ1v) is 14.8. The number of aliphatic carboxylic acids is 1. The molecule has 2 aromatic rings. The summed E-state index contributed by atoms with van der Waals surface area (Å²) in [5, 5.41) is 9.85. The number of carbonyl (C=O) groups excluding carboxylic acids is 2. The van der Waals surface area contributed by atoms with Gasteiger partial charge in [-0.25, -0.2) is 9.18 Å². The van der Waals surface area contributed by atoms with Crippen LogP contribution in [0.5, 0.6) is 5.75 Å². The molecule has 0 unspecified atom stereocenters. The molecular weight excluding hydrogens is 539 g/mol. The molecule has 8 nitrogen and oxygen atoms in total. The molecule has 0 bridgehead atoms. The average molecular weight is 581 g/mol. The molecule has 0 aliphatic carbocycles. The van der Waals surface area contributed by atoms with Crippen molar-refractivity contribution in [2.24, 2.45) is 0 Å². The molecule has 1 saturated heterocycles. The van der Waals surface area contributed by atoms with Crippen LogP contribution in [0.3, 0.4) is 0 Å². The van der Waals surface area contributed by atoms with Gasteiger partial charge in [0, 0.05) is 31.2 Å². The van der Waals surface area contributed by atoms with Gasteiger partial charge in [-0.2, -0.15) is 0 Å². The van der Waals surface area contributed by atoms with Crippen molar-refractivity contribution in [3.63, 3.8) is 0 Å². The van der Waals surface area contributed by atoms with E-state index in [1.807, 2.05) is 46.4 Å². The van der Waals surface area contributed by atoms with Crippen molar-refractivity contribution in [2.45, 2.75) is 98.3 Å². The fraction of sp³-hybridized carbons (Fsp3) is 0.545. The lowest BCUT2D eigenvalue weighted by molar-refractivity contribution is -0.136. The van der Waals surface area contributed by atoms with Gasteiger partial charge in [0.05, 0.1) is 19.4 Å². The zero-order chi connectivity index (χ0) is 30.5. The van der Waals surface area contributed by atoms with Gasteiger partial charge in [0.25, 0.3) is 0 Å². The predicted octanol–water partition coefficient (Wildman–Crippen LogP) is 5.65. The summed E-state index contributed by atoms with van der Waals surface area (Å²) in [4.78, 5) is 41.7. The van der Waals surface area contributed by atoms with Gasteiger partial charge in [-0.15, -0.1) is 0 Å². The number of rotatable bonds is 4. The molecule has 2 aromatic carbocycles. The number of amides is 2. The maximum Gasteiger partial charge on any atom is 0.410 e. The zero-order valence-corrected chi connectivity index (χ0v) is 25.5. The van der Waals surface area contributed by atoms with Crippen LogP contribution >= 0.6 is 0 Å². The molecule has 2 amide bonds. The van der Waals surface area contributed by atoms with Crippen molar-refractivity contribution < 1.29 is 33.4 Å². The molecular formula is C33H41FN2O6. The third-order valence-electron chi connectivity index (χ3n) is 8.97. The van der Waals surface area contributed by atoms with Crippen LogP contribution in [-0.4, -0.2) is 64.2 Å². The topological polar surface area (TPSA) is 96.4 Å². The number of halogens is 1. The first-order valence-electron chi connectivity index (χ1n) is 14.8. The van der Waals surface area contributed by atoms with E-state index in [9.17, 15) is 19.5 Å². The lowest BCUT2D eigenvalue weighted by atomic mass is 9.79. The Morgan fingerprint density at radius 3 is 2.40 bits per heavy atom. The van der Waals surface area contributed by atoms with Crippen molar-refractivity contribution in [3.8, 4) is 16.9 Å². The van der Waals surface area contributed by atoms with Crippen LogP contribution in [0.2, 0.25) is 0 Å². The van der Waals surface area contributed by atoms with Gasteiger partial charge in [-0.3, -0.25) is 9.59 Å². The second-order valence-corrected chi connectivity index (χ2v) is 12.8. The fourth-order valence-electron chi connectivity index (χ4n) is 6.84. The number of nitrogens with zero attached hydrogens (tertiary/aromatic N) is 2. The van der Waals surface area contributed by atoms with Crippen LogP contribution < -0.4 is 4.74 Å². The minimum absolute atomic E-state index is 0.00268. The molecule has 42 heavy (non-hydrogen) atoms. The highest BCUT2D eigenvalue weighted by Gasteiger charge is 2.36. The minimum Gasteiger partial charge on any atom is -0.490 e. The molecule has 0 aromatic heterocycles. The number of carbonyl (C=O) groups is 3. The van der Waals surface area contributed by atoms with E-state index < -0.39 is 17.4 Å². The summed E-state index contributed by atoms with van der Waals surface area (Å²) in [6, 6.07) is 1.46. The van der Waals surface area contributed by atoms with E-state index in [-0.39, 0.29) is 30.9 Å². The number of piperidine rings is 1. The highest BCUT2D eigenvalue weighted by atomic mass is 19.1. The van der Waals surface area contributed by atoms with Gasteiger partial charge in [0.15, 0.2) is 11.6 Å². The molecule has 3 aliphatic rings. The highest BCUT2D eigenvalue weighted by Crippen LogP contribution is 2.43. The van der Waals surface area contributed by atoms with E-state index in [4.69, 9.17) is 9.47 Å². The third kappa shape index (κ3) is 5.57. The number of carboxylic acid groups (broad SMARTS) is 1. The third-order valence-corrected chi connectivity index (χ3v) is 8.97. The normalized spacial score (nSPS) is 17.5. The molecule has 3 heterocycles. The summed E-state index contributed by atoms with van der Waals surface area (Å²) in [6.45, 7) is 13.2. The predicted molar refractivity (Wildman–Crippen MR) is 156 cm³/mol. The van der Waals surface area contributed by atoms with Crippen LogP contribution in [0.1, 0.15) is 79.0 Å². The monoisotopic (exact) mass is 580 g/mol. The number of benzene rings is 2. The second-order valence-electron chi connectivity index (χ2n) is 12.8. The van der Waals surface area contributed by atoms with Crippen LogP contribution in [0, 0.1) is 26.6 Å². The first-order chi connectivity index (χ1) is 19.8. The molecule has 226 valence electrons. The Labute approximate surface area is 246 Å². The Kier molecular flexibility index (Phi) is 7.98. The van der Waals surface area contributed by atoms with Crippen LogP contribution in [-0.2, 0) is 40.1 Å². The van der Waals surface area contributed by atoms with E-state index in [0.29, 0.717) is 62.4 Å². The van der Waals surface area contributed by atoms with Gasteiger partial charge < -0.3 is 24.4 Å². The van der Waals surface area contributed by atoms with Crippen molar-refractivity contribution >= 4 is 18.0 Å². The quantitative estimate of drug-likeness (QED) is 0.502. The van der Waals surface area contributed by atoms with Crippen molar-refractivity contribution in [2.75, 3.05) is 19.7 Å². The molecule has 0 radical (unpaired) electrons. The SMILES string of the molecule is Cc1c(-c2c(C)c3c(c(C)c2CC(=O)O)CC(=O)N(C2CCN(C(=O)OC(C)(C)C)CC2)C3)cc(F)c2c1CCCO2. The lowest BCUT2D eigenvalue weighted by Crippen LogP contribution is -2.51. The Hall–Kier alpha value is -3.62. The van der Waals surface area contributed by atoms with Crippen LogP contribution in [0.15, 0.2) is 6.07 Å². The largest absolute Gasteiger partial charge is 0.490 e. The summed E-state index contributed by atoms with van der Waals surface area (Å²) in [5.74, 6) is -1.11. The number of ether oxygens (including phenoxy) is 2. The number of hydrogen-bond donors (Lipinski definition) is 1. The van der Waals surface area contributed by atoms with Gasteiger partial charge in [0.2, 0.25) is 5.91 Å². The summed E-state index contributed by atoms with van der Waals surface area (Å²) >= 11 is 0. The zero-order valence-electron chi connectivity index (χ0n) is 25.5. The minimum atomic E-state index is -0.973. The number of fused-ring (bicyclic) bond motifs is 2. The molecule has 0 spiro atoms. The molecule has 9 heteroatoms. The Balaban J connectivity index is 1.51. The van der Waals surface area contributed by atoms with Crippen molar-refractivity contribution in [1.29, 1.82) is 0 Å². The summed E-state index contributed by atoms with van der Waals surface area (Å²) in [7, 11) is 0. The van der Waals surface area contributed by atoms with Crippen molar-refractivity contribution in [3.05, 3.63) is 50.8 Å². The van der Waals surface area contributed by atoms with E-state index in [1.165, 1.54) is 6.07 Å². The smallest absolute Gasteiger partial charge is 0.410 e. The molecule has 5 rings (SSSR count). The average Bonchev–Trinajstić information content (AvgIpc) is 2.93. The second kappa shape index (κ2) is 11.2. The van der Waals surface area contributed by atoms with Gasteiger partial charge in [-0.05, 0) is 118 Å². The number of carboxylic acids is 1. The van der Waals surface area contributed by atoms with Crippen LogP contribution in [0.4, 0.5) is 9.18 Å². The van der Waals surface area contributed by atoms with E-state index in [0.717, 1.165) is 45.4 Å². The molecule has 3 aliphatic heterocycles. The van der Waals surface area contributed by atoms with Gasteiger partial charge in [0.1, 0.15) is 5.60 Å².